The molecule has 1 N–H and O–H groups in total. The molecule has 0 atom stereocenters. The number of hydrogen-bond donors (Lipinski definition) is 1. The van der Waals surface area contributed by atoms with E-state index in [1.54, 1.807) is 22.7 Å². The number of thiazole rings is 1. The standard InChI is InChI=1S/C14H19N3S2/c1(12-4-9-18-11-12)5-15-13-2-7-17(8-3-13)14-16-6-10-19-14/h4,6,9-11,13,15H,1-3,5,7-8H2. The van der Waals surface area contributed by atoms with Gasteiger partial charge in [-0.1, -0.05) is 0 Å². The van der Waals surface area contributed by atoms with E-state index in [1.165, 1.54) is 23.5 Å². The number of hydrogen-bond acceptors (Lipinski definition) is 5. The number of rotatable bonds is 5. The fourth-order valence-electron chi connectivity index (χ4n) is 2.50. The molecule has 3 rings (SSSR count). The monoisotopic (exact) mass is 293 g/mol. The molecule has 3 nitrogen and oxygen atoms in total. The number of nitrogens with one attached hydrogen (secondary N) is 1. The van der Waals surface area contributed by atoms with Crippen molar-refractivity contribution in [1.29, 1.82) is 0 Å². The summed E-state index contributed by atoms with van der Waals surface area (Å²) in [7, 11) is 0. The number of anilines is 1. The van der Waals surface area contributed by atoms with Gasteiger partial charge < -0.3 is 10.2 Å². The highest BCUT2D eigenvalue weighted by Crippen LogP contribution is 2.21. The maximum absolute atomic E-state index is 4.39. The number of piperidine rings is 1. The van der Waals surface area contributed by atoms with Crippen molar-refractivity contribution in [2.24, 2.45) is 0 Å². The maximum Gasteiger partial charge on any atom is 0.185 e. The molecule has 0 bridgehead atoms. The van der Waals surface area contributed by atoms with Crippen LogP contribution >= 0.6 is 22.7 Å². The van der Waals surface area contributed by atoms with Gasteiger partial charge in [-0.05, 0) is 48.2 Å². The minimum absolute atomic E-state index is 0.676. The van der Waals surface area contributed by atoms with Crippen molar-refractivity contribution in [3.63, 3.8) is 0 Å². The lowest BCUT2D eigenvalue weighted by molar-refractivity contribution is 0.417. The highest BCUT2D eigenvalue weighted by Gasteiger charge is 2.19. The van der Waals surface area contributed by atoms with Gasteiger partial charge in [0.15, 0.2) is 5.13 Å². The summed E-state index contributed by atoms with van der Waals surface area (Å²) in [6, 6.07) is 2.90. The van der Waals surface area contributed by atoms with Crippen LogP contribution in [-0.4, -0.2) is 30.7 Å². The summed E-state index contributed by atoms with van der Waals surface area (Å²) < 4.78 is 0. The van der Waals surface area contributed by atoms with Gasteiger partial charge in [0.2, 0.25) is 0 Å². The Morgan fingerprint density at radius 2 is 2.21 bits per heavy atom. The largest absolute Gasteiger partial charge is 0.348 e. The molecule has 19 heavy (non-hydrogen) atoms. The van der Waals surface area contributed by atoms with Gasteiger partial charge in [-0.25, -0.2) is 4.98 Å². The van der Waals surface area contributed by atoms with Crippen LogP contribution in [0.4, 0.5) is 5.13 Å². The van der Waals surface area contributed by atoms with E-state index in [-0.39, 0.29) is 0 Å². The molecule has 1 aliphatic rings. The molecule has 2 aromatic heterocycles. The van der Waals surface area contributed by atoms with Crippen LogP contribution in [0.3, 0.4) is 0 Å². The highest BCUT2D eigenvalue weighted by molar-refractivity contribution is 7.13. The van der Waals surface area contributed by atoms with Crippen LogP contribution < -0.4 is 10.2 Å². The lowest BCUT2D eigenvalue weighted by Gasteiger charge is -2.32. The highest BCUT2D eigenvalue weighted by atomic mass is 32.1. The fourth-order valence-corrected chi connectivity index (χ4v) is 3.90. The van der Waals surface area contributed by atoms with Gasteiger partial charge in [-0.2, -0.15) is 11.3 Å². The normalized spacial score (nSPS) is 16.9. The first-order chi connectivity index (χ1) is 9.42. The molecule has 0 aromatic carbocycles. The number of aromatic nitrogens is 1. The number of nitrogens with zero attached hydrogens (tertiary/aromatic N) is 2. The summed E-state index contributed by atoms with van der Waals surface area (Å²) >= 11 is 3.53. The van der Waals surface area contributed by atoms with Crippen LogP contribution in [0.25, 0.3) is 0 Å². The van der Waals surface area contributed by atoms with Gasteiger partial charge >= 0.3 is 0 Å². The quantitative estimate of drug-likeness (QED) is 0.918. The van der Waals surface area contributed by atoms with Gasteiger partial charge in [0.25, 0.3) is 0 Å². The molecular formula is C14H19N3S2. The summed E-state index contributed by atoms with van der Waals surface area (Å²) in [4.78, 5) is 6.79. The van der Waals surface area contributed by atoms with E-state index in [2.05, 4.69) is 37.4 Å². The van der Waals surface area contributed by atoms with Gasteiger partial charge in [-0.15, -0.1) is 11.3 Å². The third kappa shape index (κ3) is 3.55. The van der Waals surface area contributed by atoms with E-state index in [0.717, 1.165) is 26.1 Å². The maximum atomic E-state index is 4.39. The van der Waals surface area contributed by atoms with E-state index in [4.69, 9.17) is 0 Å². The first-order valence-corrected chi connectivity index (χ1v) is 8.63. The molecule has 0 saturated carbocycles. The SMILES string of the molecule is c1csc(N2CCC(NCCc3ccsc3)CC2)n1. The average Bonchev–Trinajstić information content (AvgIpc) is 3.13. The average molecular weight is 293 g/mol. The van der Waals surface area contributed by atoms with Crippen molar-refractivity contribution in [2.45, 2.75) is 25.3 Å². The molecule has 0 amide bonds. The predicted octanol–water partition coefficient (Wildman–Crippen LogP) is 3.01. The molecule has 5 heteroatoms. The summed E-state index contributed by atoms with van der Waals surface area (Å²) in [5, 5.41) is 11.3. The second-order valence-corrected chi connectivity index (χ2v) is 6.56. The minimum Gasteiger partial charge on any atom is -0.348 e. The van der Waals surface area contributed by atoms with Crippen molar-refractivity contribution in [1.82, 2.24) is 10.3 Å². The van der Waals surface area contributed by atoms with Crippen LogP contribution in [0.15, 0.2) is 28.4 Å². The Kier molecular flexibility index (Phi) is 4.48. The van der Waals surface area contributed by atoms with Crippen LogP contribution in [0.1, 0.15) is 18.4 Å². The van der Waals surface area contributed by atoms with Gasteiger partial charge in [0.1, 0.15) is 0 Å². The zero-order valence-corrected chi connectivity index (χ0v) is 12.6. The van der Waals surface area contributed by atoms with E-state index in [9.17, 15) is 0 Å². The van der Waals surface area contributed by atoms with E-state index < -0.39 is 0 Å². The second-order valence-electron chi connectivity index (χ2n) is 4.91. The molecule has 1 aliphatic heterocycles. The zero-order valence-electron chi connectivity index (χ0n) is 10.9. The Hall–Kier alpha value is -0.910. The lowest BCUT2D eigenvalue weighted by atomic mass is 10.1. The zero-order chi connectivity index (χ0) is 12.9. The Bertz CT molecular complexity index is 456. The van der Waals surface area contributed by atoms with E-state index in [1.807, 2.05) is 6.20 Å². The third-order valence-electron chi connectivity index (χ3n) is 3.61. The van der Waals surface area contributed by atoms with Crippen molar-refractivity contribution < 1.29 is 0 Å². The van der Waals surface area contributed by atoms with Crippen molar-refractivity contribution >= 4 is 27.8 Å². The van der Waals surface area contributed by atoms with Crippen LogP contribution in [0.5, 0.6) is 0 Å². The Balaban J connectivity index is 1.38. The van der Waals surface area contributed by atoms with Crippen LogP contribution in [0, 0.1) is 0 Å². The fraction of sp³-hybridized carbons (Fsp3) is 0.500. The predicted molar refractivity (Wildman–Crippen MR) is 83.4 cm³/mol. The molecular weight excluding hydrogens is 274 g/mol. The molecule has 102 valence electrons. The van der Waals surface area contributed by atoms with Gasteiger partial charge in [0, 0.05) is 30.7 Å². The van der Waals surface area contributed by atoms with Crippen LogP contribution in [-0.2, 0) is 6.42 Å². The van der Waals surface area contributed by atoms with Gasteiger partial charge in [-0.3, -0.25) is 0 Å². The Morgan fingerprint density at radius 1 is 1.32 bits per heavy atom. The van der Waals surface area contributed by atoms with Crippen molar-refractivity contribution in [3.8, 4) is 0 Å². The molecule has 3 heterocycles. The van der Waals surface area contributed by atoms with Gasteiger partial charge in [0.05, 0.1) is 0 Å². The molecule has 1 fully saturated rings. The molecule has 0 unspecified atom stereocenters. The smallest absolute Gasteiger partial charge is 0.185 e. The van der Waals surface area contributed by atoms with Crippen molar-refractivity contribution in [3.05, 3.63) is 34.0 Å². The summed E-state index contributed by atoms with van der Waals surface area (Å²) in [5.74, 6) is 0. The lowest BCUT2D eigenvalue weighted by Crippen LogP contribution is -2.43. The van der Waals surface area contributed by atoms with Crippen molar-refractivity contribution in [2.75, 3.05) is 24.5 Å². The first kappa shape index (κ1) is 13.1. The molecule has 2 aromatic rings. The third-order valence-corrected chi connectivity index (χ3v) is 5.18. The minimum atomic E-state index is 0.676. The summed E-state index contributed by atoms with van der Waals surface area (Å²) in [5.41, 5.74) is 1.46. The van der Waals surface area contributed by atoms with E-state index in [0.29, 0.717) is 6.04 Å². The van der Waals surface area contributed by atoms with E-state index >= 15 is 0 Å². The summed E-state index contributed by atoms with van der Waals surface area (Å²) in [6.45, 7) is 3.35. The second kappa shape index (κ2) is 6.50. The molecule has 0 spiro atoms. The first-order valence-electron chi connectivity index (χ1n) is 6.81. The molecule has 0 aliphatic carbocycles. The Labute approximate surface area is 122 Å². The molecule has 0 radical (unpaired) electrons. The number of thiophene rings is 1. The molecule has 1 saturated heterocycles. The Morgan fingerprint density at radius 3 is 2.89 bits per heavy atom. The van der Waals surface area contributed by atoms with Crippen LogP contribution in [0.2, 0.25) is 0 Å². The topological polar surface area (TPSA) is 28.2 Å². The summed E-state index contributed by atoms with van der Waals surface area (Å²) in [6.07, 6.45) is 5.49.